The second-order valence-electron chi connectivity index (χ2n) is 8.44. The van der Waals surface area contributed by atoms with Gasteiger partial charge >= 0.3 is 12.1 Å². The van der Waals surface area contributed by atoms with Gasteiger partial charge in [-0.1, -0.05) is 6.07 Å². The molecule has 2 saturated heterocycles. The maximum atomic E-state index is 12.6. The van der Waals surface area contributed by atoms with Crippen LogP contribution in [0.4, 0.5) is 13.2 Å². The van der Waals surface area contributed by atoms with Gasteiger partial charge in [0.1, 0.15) is 0 Å². The lowest BCUT2D eigenvalue weighted by Gasteiger charge is -2.45. The van der Waals surface area contributed by atoms with Gasteiger partial charge in [0.2, 0.25) is 11.8 Å². The summed E-state index contributed by atoms with van der Waals surface area (Å²) in [6.45, 7) is 2.09. The standard InChI is InChI=1S/C21H26N4O2.C2HF3O2/c26-19(6-5-18-4-2-12-23-18)24-13-9-21(10-14-24)8-7-20(27)25(21)16-17-3-1-11-22-15-17;3-2(4,5)1(6)7/h1-4,11-12,15,23H,5-10,13-14,16H2;(H,6,7). The molecule has 0 bridgehead atoms. The fourth-order valence-electron chi connectivity index (χ4n) is 4.42. The van der Waals surface area contributed by atoms with Crippen LogP contribution in [0.2, 0.25) is 0 Å². The van der Waals surface area contributed by atoms with E-state index in [0.29, 0.717) is 19.4 Å². The molecule has 4 rings (SSSR count). The number of alkyl halides is 3. The summed E-state index contributed by atoms with van der Waals surface area (Å²) in [5.74, 6) is -2.32. The Bertz CT molecular complexity index is 972. The van der Waals surface area contributed by atoms with Gasteiger partial charge in [-0.2, -0.15) is 13.2 Å². The maximum absolute atomic E-state index is 12.6. The van der Waals surface area contributed by atoms with Crippen LogP contribution in [0.1, 0.15) is 43.4 Å². The molecule has 0 radical (unpaired) electrons. The van der Waals surface area contributed by atoms with E-state index in [2.05, 4.69) is 9.97 Å². The second-order valence-corrected chi connectivity index (χ2v) is 8.44. The number of nitrogens with zero attached hydrogens (tertiary/aromatic N) is 3. The van der Waals surface area contributed by atoms with Crippen LogP contribution in [0.15, 0.2) is 42.9 Å². The van der Waals surface area contributed by atoms with Gasteiger partial charge in [0.15, 0.2) is 0 Å². The van der Waals surface area contributed by atoms with Crippen LogP contribution in [-0.2, 0) is 27.3 Å². The lowest BCUT2D eigenvalue weighted by atomic mass is 9.84. The van der Waals surface area contributed by atoms with Crippen molar-refractivity contribution in [1.82, 2.24) is 19.8 Å². The number of hydrogen-bond donors (Lipinski definition) is 2. The molecule has 11 heteroatoms. The van der Waals surface area contributed by atoms with Crippen LogP contribution >= 0.6 is 0 Å². The Morgan fingerprint density at radius 3 is 2.41 bits per heavy atom. The predicted molar refractivity (Wildman–Crippen MR) is 115 cm³/mol. The number of aliphatic carboxylic acids is 1. The Labute approximate surface area is 194 Å². The molecular weight excluding hydrogens is 453 g/mol. The van der Waals surface area contributed by atoms with Gasteiger partial charge in [0.05, 0.1) is 0 Å². The number of aryl methyl sites for hydroxylation is 1. The third-order valence-corrected chi connectivity index (χ3v) is 6.30. The third-order valence-electron chi connectivity index (χ3n) is 6.30. The maximum Gasteiger partial charge on any atom is 0.490 e. The molecule has 2 aliphatic rings. The first kappa shape index (κ1) is 25.3. The highest BCUT2D eigenvalue weighted by Crippen LogP contribution is 2.40. The summed E-state index contributed by atoms with van der Waals surface area (Å²) in [5, 5.41) is 7.12. The summed E-state index contributed by atoms with van der Waals surface area (Å²) in [4.78, 5) is 45.3. The van der Waals surface area contributed by atoms with Gasteiger partial charge in [0.25, 0.3) is 0 Å². The van der Waals surface area contributed by atoms with Crippen molar-refractivity contribution in [1.29, 1.82) is 0 Å². The van der Waals surface area contributed by atoms with E-state index < -0.39 is 12.1 Å². The number of halogens is 3. The van der Waals surface area contributed by atoms with E-state index in [1.807, 2.05) is 46.5 Å². The van der Waals surface area contributed by atoms with Crippen molar-refractivity contribution < 1.29 is 32.7 Å². The molecule has 0 saturated carbocycles. The first-order valence-corrected chi connectivity index (χ1v) is 11.0. The van der Waals surface area contributed by atoms with Crippen molar-refractivity contribution in [3.63, 3.8) is 0 Å². The summed E-state index contributed by atoms with van der Waals surface area (Å²) in [7, 11) is 0. The van der Waals surface area contributed by atoms with E-state index in [1.165, 1.54) is 0 Å². The topological polar surface area (TPSA) is 107 Å². The average Bonchev–Trinajstić information content (AvgIpc) is 3.43. The molecule has 2 fully saturated rings. The second kappa shape index (κ2) is 10.7. The van der Waals surface area contributed by atoms with E-state index >= 15 is 0 Å². The highest BCUT2D eigenvalue weighted by atomic mass is 19.4. The number of pyridine rings is 1. The number of carboxylic acids is 1. The van der Waals surface area contributed by atoms with Crippen LogP contribution in [0, 0.1) is 0 Å². The summed E-state index contributed by atoms with van der Waals surface area (Å²) in [6.07, 6.45) is 4.92. The van der Waals surface area contributed by atoms with Crippen molar-refractivity contribution in [2.75, 3.05) is 13.1 Å². The minimum atomic E-state index is -5.08. The number of hydrogen-bond acceptors (Lipinski definition) is 4. The van der Waals surface area contributed by atoms with E-state index in [1.54, 1.807) is 6.20 Å². The third kappa shape index (κ3) is 6.36. The number of carbonyl (C=O) groups is 3. The van der Waals surface area contributed by atoms with E-state index in [-0.39, 0.29) is 17.4 Å². The molecule has 184 valence electrons. The molecule has 2 aromatic heterocycles. The Hall–Kier alpha value is -3.37. The minimum absolute atomic E-state index is 0.0941. The number of likely N-dealkylation sites (tertiary alicyclic amines) is 2. The highest BCUT2D eigenvalue weighted by Gasteiger charge is 2.47. The molecular formula is C23H27F3N4O4. The molecule has 0 atom stereocenters. The molecule has 1 spiro atoms. The van der Waals surface area contributed by atoms with Crippen molar-refractivity contribution in [2.24, 2.45) is 0 Å². The molecule has 34 heavy (non-hydrogen) atoms. The van der Waals surface area contributed by atoms with E-state index in [9.17, 15) is 22.8 Å². The highest BCUT2D eigenvalue weighted by molar-refractivity contribution is 5.80. The molecule has 2 N–H and O–H groups in total. The minimum Gasteiger partial charge on any atom is -0.475 e. The van der Waals surface area contributed by atoms with Gasteiger partial charge in [-0.25, -0.2) is 4.79 Å². The molecule has 2 aromatic rings. The number of aromatic nitrogens is 2. The number of piperidine rings is 1. The summed E-state index contributed by atoms with van der Waals surface area (Å²) >= 11 is 0. The zero-order chi connectivity index (χ0) is 24.8. The number of nitrogens with one attached hydrogen (secondary N) is 1. The van der Waals surface area contributed by atoms with Crippen LogP contribution in [0.3, 0.4) is 0 Å². The van der Waals surface area contributed by atoms with Gasteiger partial charge < -0.3 is 19.9 Å². The smallest absolute Gasteiger partial charge is 0.475 e. The molecule has 2 aliphatic heterocycles. The van der Waals surface area contributed by atoms with E-state index in [0.717, 1.165) is 50.0 Å². The van der Waals surface area contributed by atoms with Gasteiger partial charge in [-0.05, 0) is 49.4 Å². The van der Waals surface area contributed by atoms with Crippen molar-refractivity contribution in [2.45, 2.75) is 56.8 Å². The molecule has 0 aromatic carbocycles. The SMILES string of the molecule is O=C(CCc1ccc[nH]1)N1CCC2(CCC(=O)N2Cc2cccnc2)CC1.O=C(O)C(F)(F)F. The Morgan fingerprint density at radius 1 is 1.15 bits per heavy atom. The number of aromatic amines is 1. The number of amides is 2. The van der Waals surface area contributed by atoms with E-state index in [4.69, 9.17) is 9.90 Å². The normalized spacial score (nSPS) is 17.4. The van der Waals surface area contributed by atoms with Crippen molar-refractivity contribution in [3.05, 3.63) is 54.1 Å². The first-order chi connectivity index (χ1) is 16.1. The zero-order valence-corrected chi connectivity index (χ0v) is 18.6. The summed E-state index contributed by atoms with van der Waals surface area (Å²) < 4.78 is 31.7. The number of carbonyl (C=O) groups excluding carboxylic acids is 2. The van der Waals surface area contributed by atoms with Crippen molar-refractivity contribution in [3.8, 4) is 0 Å². The molecule has 4 heterocycles. The number of carboxylic acid groups (broad SMARTS) is 1. The molecule has 2 amide bonds. The van der Waals surface area contributed by atoms with Crippen molar-refractivity contribution >= 4 is 17.8 Å². The Kier molecular flexibility index (Phi) is 7.95. The van der Waals surface area contributed by atoms with Crippen LogP contribution in [0.25, 0.3) is 0 Å². The predicted octanol–water partition coefficient (Wildman–Crippen LogP) is 3.16. The summed E-state index contributed by atoms with van der Waals surface area (Å²) in [6, 6.07) is 7.90. The molecule has 0 aliphatic carbocycles. The summed E-state index contributed by atoms with van der Waals surface area (Å²) in [5.41, 5.74) is 2.07. The fourth-order valence-corrected chi connectivity index (χ4v) is 4.42. The molecule has 8 nitrogen and oxygen atoms in total. The first-order valence-electron chi connectivity index (χ1n) is 11.0. The lowest BCUT2D eigenvalue weighted by molar-refractivity contribution is -0.192. The number of rotatable bonds is 5. The zero-order valence-electron chi connectivity index (χ0n) is 18.6. The largest absolute Gasteiger partial charge is 0.490 e. The Morgan fingerprint density at radius 2 is 1.85 bits per heavy atom. The van der Waals surface area contributed by atoms with Crippen LogP contribution in [-0.4, -0.2) is 67.5 Å². The lowest BCUT2D eigenvalue weighted by Crippen LogP contribution is -2.53. The Balaban J connectivity index is 0.000000406. The quantitative estimate of drug-likeness (QED) is 0.684. The monoisotopic (exact) mass is 480 g/mol. The van der Waals surface area contributed by atoms with Crippen LogP contribution < -0.4 is 0 Å². The number of H-pyrrole nitrogens is 1. The van der Waals surface area contributed by atoms with Crippen LogP contribution in [0.5, 0.6) is 0 Å². The average molecular weight is 480 g/mol. The fraction of sp³-hybridized carbons (Fsp3) is 0.478. The molecule has 0 unspecified atom stereocenters. The van der Waals surface area contributed by atoms with Gasteiger partial charge in [-0.3, -0.25) is 14.6 Å². The van der Waals surface area contributed by atoms with Gasteiger partial charge in [-0.15, -0.1) is 0 Å². The van der Waals surface area contributed by atoms with Gasteiger partial charge in [0, 0.05) is 62.3 Å².